The molecule has 1 aliphatic heterocycles. The van der Waals surface area contributed by atoms with E-state index in [1.807, 2.05) is 11.8 Å². The average Bonchev–Trinajstić information content (AvgIpc) is 2.83. The number of hydrogen-bond donors (Lipinski definition) is 1. The van der Waals surface area contributed by atoms with Crippen LogP contribution in [0, 0.1) is 0 Å². The summed E-state index contributed by atoms with van der Waals surface area (Å²) in [4.78, 5) is 18.2. The predicted molar refractivity (Wildman–Crippen MR) is 63.5 cm³/mol. The molecule has 1 aromatic rings. The van der Waals surface area contributed by atoms with Crippen molar-refractivity contribution in [2.45, 2.75) is 19.8 Å². The molecule has 0 saturated carbocycles. The standard InChI is InChI=1S/C12H17N3O/c1-2-14-11-9-13-6-5-10(11)12(16)15-7-3-4-8-15/h5-6,9,14H,2-4,7-8H2,1H3. The summed E-state index contributed by atoms with van der Waals surface area (Å²) in [6, 6.07) is 1.79. The lowest BCUT2D eigenvalue weighted by Crippen LogP contribution is -2.28. The highest BCUT2D eigenvalue weighted by molar-refractivity contribution is 5.99. The first-order valence-corrected chi connectivity index (χ1v) is 5.80. The molecule has 0 atom stereocenters. The molecule has 0 aromatic carbocycles. The second kappa shape index (κ2) is 4.96. The molecule has 0 aliphatic carbocycles. The van der Waals surface area contributed by atoms with Crippen LogP contribution in [0.1, 0.15) is 30.1 Å². The molecule has 86 valence electrons. The van der Waals surface area contributed by atoms with E-state index in [1.165, 1.54) is 0 Å². The number of carbonyl (C=O) groups is 1. The molecule has 0 spiro atoms. The van der Waals surface area contributed by atoms with Gasteiger partial charge in [0, 0.05) is 25.8 Å². The van der Waals surface area contributed by atoms with Crippen molar-refractivity contribution in [2.75, 3.05) is 25.0 Å². The lowest BCUT2D eigenvalue weighted by Gasteiger charge is -2.17. The normalized spacial score (nSPS) is 15.2. The van der Waals surface area contributed by atoms with Gasteiger partial charge in [-0.2, -0.15) is 0 Å². The van der Waals surface area contributed by atoms with Gasteiger partial charge in [-0.05, 0) is 25.8 Å². The topological polar surface area (TPSA) is 45.2 Å². The van der Waals surface area contributed by atoms with Crippen LogP contribution < -0.4 is 5.32 Å². The van der Waals surface area contributed by atoms with E-state index in [9.17, 15) is 4.79 Å². The van der Waals surface area contributed by atoms with Crippen LogP contribution in [0.4, 0.5) is 5.69 Å². The van der Waals surface area contributed by atoms with Crippen LogP contribution in [0.2, 0.25) is 0 Å². The van der Waals surface area contributed by atoms with Crippen molar-refractivity contribution in [1.29, 1.82) is 0 Å². The molecule has 2 rings (SSSR count). The van der Waals surface area contributed by atoms with E-state index in [0.29, 0.717) is 0 Å². The minimum Gasteiger partial charge on any atom is -0.383 e. The molecule has 1 fully saturated rings. The maximum Gasteiger partial charge on any atom is 0.256 e. The first-order valence-electron chi connectivity index (χ1n) is 5.80. The van der Waals surface area contributed by atoms with Gasteiger partial charge in [-0.25, -0.2) is 0 Å². The highest BCUT2D eigenvalue weighted by atomic mass is 16.2. The molecule has 16 heavy (non-hydrogen) atoms. The molecular formula is C12H17N3O. The summed E-state index contributed by atoms with van der Waals surface area (Å²) < 4.78 is 0. The van der Waals surface area contributed by atoms with E-state index in [0.717, 1.165) is 43.7 Å². The molecule has 1 N–H and O–H groups in total. The van der Waals surface area contributed by atoms with Crippen molar-refractivity contribution in [3.8, 4) is 0 Å². The SMILES string of the molecule is CCNc1cnccc1C(=O)N1CCCC1. The number of nitrogens with zero attached hydrogens (tertiary/aromatic N) is 2. The third kappa shape index (κ3) is 2.15. The van der Waals surface area contributed by atoms with Crippen molar-refractivity contribution >= 4 is 11.6 Å². The second-order valence-electron chi connectivity index (χ2n) is 3.95. The van der Waals surface area contributed by atoms with Crippen LogP contribution in [0.15, 0.2) is 18.5 Å². The number of likely N-dealkylation sites (tertiary alicyclic amines) is 1. The summed E-state index contributed by atoms with van der Waals surface area (Å²) in [5.41, 5.74) is 1.57. The Hall–Kier alpha value is -1.58. The number of pyridine rings is 1. The summed E-state index contributed by atoms with van der Waals surface area (Å²) in [6.07, 6.45) is 5.62. The molecule has 2 heterocycles. The Kier molecular flexibility index (Phi) is 3.39. The number of carbonyl (C=O) groups excluding carboxylic acids is 1. The maximum atomic E-state index is 12.2. The van der Waals surface area contributed by atoms with Crippen molar-refractivity contribution in [3.63, 3.8) is 0 Å². The summed E-state index contributed by atoms with van der Waals surface area (Å²) in [5.74, 6) is 0.121. The third-order valence-corrected chi connectivity index (χ3v) is 2.81. The van der Waals surface area contributed by atoms with Crippen LogP contribution in [-0.4, -0.2) is 35.4 Å². The number of nitrogens with one attached hydrogen (secondary N) is 1. The van der Waals surface area contributed by atoms with E-state index in [1.54, 1.807) is 18.5 Å². The van der Waals surface area contributed by atoms with Gasteiger partial charge in [0.25, 0.3) is 5.91 Å². The number of rotatable bonds is 3. The van der Waals surface area contributed by atoms with Crippen molar-refractivity contribution in [3.05, 3.63) is 24.0 Å². The summed E-state index contributed by atoms with van der Waals surface area (Å²) >= 11 is 0. The Bertz CT molecular complexity index is 372. The van der Waals surface area contributed by atoms with Gasteiger partial charge in [0.1, 0.15) is 0 Å². The van der Waals surface area contributed by atoms with E-state index in [-0.39, 0.29) is 5.91 Å². The zero-order valence-electron chi connectivity index (χ0n) is 9.57. The minimum atomic E-state index is 0.121. The van der Waals surface area contributed by atoms with Gasteiger partial charge in [0.15, 0.2) is 0 Å². The molecule has 1 aromatic heterocycles. The molecule has 1 saturated heterocycles. The van der Waals surface area contributed by atoms with Gasteiger partial charge in [0.2, 0.25) is 0 Å². The summed E-state index contributed by atoms with van der Waals surface area (Å²) in [6.45, 7) is 4.57. The van der Waals surface area contributed by atoms with E-state index in [4.69, 9.17) is 0 Å². The molecule has 0 radical (unpaired) electrons. The lowest BCUT2D eigenvalue weighted by molar-refractivity contribution is 0.0793. The van der Waals surface area contributed by atoms with Crippen LogP contribution in [-0.2, 0) is 0 Å². The van der Waals surface area contributed by atoms with Gasteiger partial charge < -0.3 is 10.2 Å². The van der Waals surface area contributed by atoms with Gasteiger partial charge in [-0.3, -0.25) is 9.78 Å². The van der Waals surface area contributed by atoms with Gasteiger partial charge >= 0.3 is 0 Å². The number of hydrogen-bond acceptors (Lipinski definition) is 3. The molecular weight excluding hydrogens is 202 g/mol. The highest BCUT2D eigenvalue weighted by Gasteiger charge is 2.21. The second-order valence-corrected chi connectivity index (χ2v) is 3.95. The fourth-order valence-electron chi connectivity index (χ4n) is 2.00. The van der Waals surface area contributed by atoms with E-state index < -0.39 is 0 Å². The summed E-state index contributed by atoms with van der Waals surface area (Å²) in [7, 11) is 0. The van der Waals surface area contributed by atoms with Crippen molar-refractivity contribution in [1.82, 2.24) is 9.88 Å². The number of aromatic nitrogens is 1. The zero-order chi connectivity index (χ0) is 11.4. The lowest BCUT2D eigenvalue weighted by atomic mass is 10.2. The first-order chi connectivity index (χ1) is 7.83. The minimum absolute atomic E-state index is 0.121. The fourth-order valence-corrected chi connectivity index (χ4v) is 2.00. The highest BCUT2D eigenvalue weighted by Crippen LogP contribution is 2.18. The Morgan fingerprint density at radius 2 is 2.25 bits per heavy atom. The third-order valence-electron chi connectivity index (χ3n) is 2.81. The van der Waals surface area contributed by atoms with Crippen LogP contribution >= 0.6 is 0 Å². The molecule has 4 heteroatoms. The zero-order valence-corrected chi connectivity index (χ0v) is 9.57. The van der Waals surface area contributed by atoms with E-state index >= 15 is 0 Å². The molecule has 4 nitrogen and oxygen atoms in total. The van der Waals surface area contributed by atoms with Gasteiger partial charge in [-0.1, -0.05) is 0 Å². The monoisotopic (exact) mass is 219 g/mol. The van der Waals surface area contributed by atoms with Crippen LogP contribution in [0.3, 0.4) is 0 Å². The average molecular weight is 219 g/mol. The Labute approximate surface area is 95.7 Å². The molecule has 0 bridgehead atoms. The maximum absolute atomic E-state index is 12.2. The Morgan fingerprint density at radius 3 is 2.94 bits per heavy atom. The quantitative estimate of drug-likeness (QED) is 0.842. The number of amides is 1. The van der Waals surface area contributed by atoms with Gasteiger partial charge in [0.05, 0.1) is 17.4 Å². The summed E-state index contributed by atoms with van der Waals surface area (Å²) in [5, 5.41) is 3.17. The van der Waals surface area contributed by atoms with Crippen LogP contribution in [0.25, 0.3) is 0 Å². The van der Waals surface area contributed by atoms with Crippen LogP contribution in [0.5, 0.6) is 0 Å². The van der Waals surface area contributed by atoms with E-state index in [2.05, 4.69) is 10.3 Å². The number of anilines is 1. The largest absolute Gasteiger partial charge is 0.383 e. The fraction of sp³-hybridized carbons (Fsp3) is 0.500. The molecule has 0 unspecified atom stereocenters. The molecule has 1 aliphatic rings. The molecule has 1 amide bonds. The smallest absolute Gasteiger partial charge is 0.256 e. The van der Waals surface area contributed by atoms with Crippen molar-refractivity contribution < 1.29 is 4.79 Å². The predicted octanol–water partition coefficient (Wildman–Crippen LogP) is 1.75. The van der Waals surface area contributed by atoms with Gasteiger partial charge in [-0.15, -0.1) is 0 Å². The Balaban J connectivity index is 2.21. The van der Waals surface area contributed by atoms with Crippen molar-refractivity contribution in [2.24, 2.45) is 0 Å². The first kappa shape index (κ1) is 10.9. The Morgan fingerprint density at radius 1 is 1.50 bits per heavy atom.